The van der Waals surface area contributed by atoms with E-state index in [0.29, 0.717) is 54.1 Å². The van der Waals surface area contributed by atoms with Crippen LogP contribution in [-0.4, -0.2) is 61.4 Å². The second kappa shape index (κ2) is 13.3. The van der Waals surface area contributed by atoms with Gasteiger partial charge in [-0.25, -0.2) is 13.2 Å². The molecule has 1 aliphatic heterocycles. The Kier molecular flexibility index (Phi) is 9.97. The third-order valence-electron chi connectivity index (χ3n) is 7.81. The lowest BCUT2D eigenvalue weighted by Gasteiger charge is -2.44. The van der Waals surface area contributed by atoms with Crippen molar-refractivity contribution in [3.05, 3.63) is 94.0 Å². The number of carboxylic acid groups (broad SMARTS) is 1. The van der Waals surface area contributed by atoms with Crippen LogP contribution in [0.1, 0.15) is 52.7 Å². The molecule has 1 saturated heterocycles. The van der Waals surface area contributed by atoms with Gasteiger partial charge in [0.25, 0.3) is 5.91 Å². The zero-order valence-corrected chi connectivity index (χ0v) is 25.4. The smallest absolute Gasteiger partial charge is 0.404 e. The van der Waals surface area contributed by atoms with Gasteiger partial charge in [0.2, 0.25) is 0 Å². The molecule has 1 heterocycles. The molecule has 2 atom stereocenters. The first-order chi connectivity index (χ1) is 19.9. The molecule has 1 fully saturated rings. The molecule has 3 aromatic rings. The minimum absolute atomic E-state index is 0.0973. The molecule has 8 nitrogen and oxygen atoms in total. The van der Waals surface area contributed by atoms with Gasteiger partial charge in [0.1, 0.15) is 0 Å². The van der Waals surface area contributed by atoms with Gasteiger partial charge >= 0.3 is 6.09 Å². The van der Waals surface area contributed by atoms with Gasteiger partial charge < -0.3 is 20.4 Å². The summed E-state index contributed by atoms with van der Waals surface area (Å²) < 4.78 is 23.3. The number of aryl methyl sites for hydroxylation is 1. The molecule has 0 aliphatic carbocycles. The van der Waals surface area contributed by atoms with E-state index in [9.17, 15) is 23.1 Å². The minimum atomic E-state index is -3.19. The maximum absolute atomic E-state index is 13.6. The summed E-state index contributed by atoms with van der Waals surface area (Å²) in [5.41, 5.74) is 2.95. The Morgan fingerprint density at radius 2 is 1.81 bits per heavy atom. The summed E-state index contributed by atoms with van der Waals surface area (Å²) in [6.07, 6.45) is 2.04. The van der Waals surface area contributed by atoms with Crippen LogP contribution in [-0.2, 0) is 21.2 Å². The maximum atomic E-state index is 13.6. The standard InChI is InChI=1S/C32H37ClN2O6S/c1-22-7-3-8-25(19-22)29-27(10-4-11-28(29)33)32(39,16-6-17-34-31(37)38)26-9-5-18-35(20-26)30(36)24-14-12-23(13-15-24)21-42(2,40)41/h3-4,7-8,10-15,19,26,34,39H,5-6,9,16-18,20-21H2,1-2H3,(H,37,38)/t26-,32+/m1/s1. The van der Waals surface area contributed by atoms with Gasteiger partial charge in [-0.3, -0.25) is 4.79 Å². The number of benzene rings is 3. The Labute approximate surface area is 252 Å². The van der Waals surface area contributed by atoms with Crippen LogP contribution in [0.25, 0.3) is 11.1 Å². The van der Waals surface area contributed by atoms with E-state index in [4.69, 9.17) is 16.7 Å². The van der Waals surface area contributed by atoms with Crippen LogP contribution in [0.4, 0.5) is 4.79 Å². The summed E-state index contributed by atoms with van der Waals surface area (Å²) in [7, 11) is -3.19. The van der Waals surface area contributed by atoms with E-state index < -0.39 is 21.5 Å². The number of sulfone groups is 1. The lowest BCUT2D eigenvalue weighted by atomic mass is 9.72. The molecule has 3 aromatic carbocycles. The average Bonchev–Trinajstić information content (AvgIpc) is 2.94. The number of hydrogen-bond acceptors (Lipinski definition) is 5. The molecule has 0 saturated carbocycles. The summed E-state index contributed by atoms with van der Waals surface area (Å²) >= 11 is 6.77. The molecule has 224 valence electrons. The largest absolute Gasteiger partial charge is 0.465 e. The topological polar surface area (TPSA) is 124 Å². The first-order valence-corrected chi connectivity index (χ1v) is 16.4. The molecule has 0 spiro atoms. The molecule has 2 amide bonds. The number of halogens is 1. The molecule has 0 radical (unpaired) electrons. The highest BCUT2D eigenvalue weighted by Crippen LogP contribution is 2.45. The predicted molar refractivity (Wildman–Crippen MR) is 164 cm³/mol. The van der Waals surface area contributed by atoms with Crippen molar-refractivity contribution in [1.82, 2.24) is 10.2 Å². The highest BCUT2D eigenvalue weighted by Gasteiger charge is 2.43. The van der Waals surface area contributed by atoms with Crippen molar-refractivity contribution in [2.75, 3.05) is 25.9 Å². The van der Waals surface area contributed by atoms with E-state index in [1.165, 1.54) is 6.26 Å². The van der Waals surface area contributed by atoms with Gasteiger partial charge in [0, 0.05) is 48.0 Å². The molecule has 0 unspecified atom stereocenters. The number of rotatable bonds is 10. The van der Waals surface area contributed by atoms with Crippen LogP contribution in [0.5, 0.6) is 0 Å². The highest BCUT2D eigenvalue weighted by molar-refractivity contribution is 7.89. The van der Waals surface area contributed by atoms with Crippen LogP contribution in [0, 0.1) is 12.8 Å². The second-order valence-corrected chi connectivity index (χ2v) is 13.7. The van der Waals surface area contributed by atoms with Gasteiger partial charge in [-0.15, -0.1) is 0 Å². The monoisotopic (exact) mass is 612 g/mol. The van der Waals surface area contributed by atoms with Crippen molar-refractivity contribution in [3.63, 3.8) is 0 Å². The number of hydrogen-bond donors (Lipinski definition) is 3. The molecule has 0 aromatic heterocycles. The van der Waals surface area contributed by atoms with Crippen LogP contribution in [0.15, 0.2) is 66.7 Å². The third-order valence-corrected chi connectivity index (χ3v) is 8.98. The Balaban J connectivity index is 1.67. The number of nitrogens with one attached hydrogen (secondary N) is 1. The Morgan fingerprint density at radius 3 is 2.48 bits per heavy atom. The third kappa shape index (κ3) is 7.70. The van der Waals surface area contributed by atoms with Crippen LogP contribution >= 0.6 is 11.6 Å². The number of carbonyl (C=O) groups excluding carboxylic acids is 1. The van der Waals surface area contributed by atoms with Crippen LogP contribution in [0.3, 0.4) is 0 Å². The van der Waals surface area contributed by atoms with E-state index in [2.05, 4.69) is 5.32 Å². The SMILES string of the molecule is Cc1cccc(-c2c(Cl)cccc2[C@](O)(CCCNC(=O)O)[C@@H]2CCCN(C(=O)c3ccc(CS(C)(=O)=O)cc3)C2)c1. The van der Waals surface area contributed by atoms with Crippen molar-refractivity contribution in [1.29, 1.82) is 0 Å². The van der Waals surface area contributed by atoms with E-state index >= 15 is 0 Å². The molecule has 0 bridgehead atoms. The second-order valence-electron chi connectivity index (χ2n) is 11.1. The summed E-state index contributed by atoms with van der Waals surface area (Å²) in [5.74, 6) is -0.628. The van der Waals surface area contributed by atoms with Crippen LogP contribution in [0.2, 0.25) is 5.02 Å². The summed E-state index contributed by atoms with van der Waals surface area (Å²) in [5, 5.41) is 24.6. The van der Waals surface area contributed by atoms with Gasteiger partial charge in [0.05, 0.1) is 11.4 Å². The fraction of sp³-hybridized carbons (Fsp3) is 0.375. The lowest BCUT2D eigenvalue weighted by molar-refractivity contribution is -0.0563. The van der Waals surface area contributed by atoms with Gasteiger partial charge in [-0.2, -0.15) is 0 Å². The number of carbonyl (C=O) groups is 2. The summed E-state index contributed by atoms with van der Waals surface area (Å²) in [6.45, 7) is 2.99. The van der Waals surface area contributed by atoms with Gasteiger partial charge in [-0.05, 0) is 67.5 Å². The molecule has 10 heteroatoms. The zero-order valence-electron chi connectivity index (χ0n) is 23.8. The molecular formula is C32H37ClN2O6S. The normalized spacial score (nSPS) is 17.0. The van der Waals surface area contributed by atoms with Gasteiger partial charge in [-0.1, -0.05) is 65.7 Å². The van der Waals surface area contributed by atoms with Crippen molar-refractivity contribution >= 4 is 33.4 Å². The maximum Gasteiger partial charge on any atom is 0.404 e. The Bertz CT molecular complexity index is 1540. The van der Waals surface area contributed by atoms with E-state index in [0.717, 1.165) is 16.7 Å². The van der Waals surface area contributed by atoms with Crippen molar-refractivity contribution in [2.45, 2.75) is 44.0 Å². The van der Waals surface area contributed by atoms with Crippen LogP contribution < -0.4 is 5.32 Å². The van der Waals surface area contributed by atoms with E-state index in [1.54, 1.807) is 41.3 Å². The van der Waals surface area contributed by atoms with Crippen molar-refractivity contribution in [3.8, 4) is 11.1 Å². The number of likely N-dealkylation sites (tertiary alicyclic amines) is 1. The number of aliphatic hydroxyl groups is 1. The quantitative estimate of drug-likeness (QED) is 0.254. The molecule has 1 aliphatic rings. The highest BCUT2D eigenvalue weighted by atomic mass is 35.5. The first kappa shape index (κ1) is 31.5. The fourth-order valence-electron chi connectivity index (χ4n) is 5.87. The minimum Gasteiger partial charge on any atom is -0.465 e. The van der Waals surface area contributed by atoms with Crippen molar-refractivity contribution < 1.29 is 28.2 Å². The molecule has 3 N–H and O–H groups in total. The van der Waals surface area contributed by atoms with E-state index in [-0.39, 0.29) is 30.5 Å². The fourth-order valence-corrected chi connectivity index (χ4v) is 6.95. The van der Waals surface area contributed by atoms with Gasteiger partial charge in [0.15, 0.2) is 9.84 Å². The summed E-state index contributed by atoms with van der Waals surface area (Å²) in [6, 6.07) is 20.0. The Hall–Kier alpha value is -3.40. The predicted octanol–water partition coefficient (Wildman–Crippen LogP) is 5.65. The number of amides is 2. The number of nitrogens with zero attached hydrogens (tertiary/aromatic N) is 1. The summed E-state index contributed by atoms with van der Waals surface area (Å²) in [4.78, 5) is 26.4. The lowest BCUT2D eigenvalue weighted by Crippen LogP contribution is -2.48. The zero-order chi connectivity index (χ0) is 30.5. The van der Waals surface area contributed by atoms with E-state index in [1.807, 2.05) is 37.3 Å². The average molecular weight is 613 g/mol. The molecule has 4 rings (SSSR count). The Morgan fingerprint density at radius 1 is 1.10 bits per heavy atom. The first-order valence-electron chi connectivity index (χ1n) is 14.0. The molecule has 42 heavy (non-hydrogen) atoms. The molecular weight excluding hydrogens is 576 g/mol. The number of piperidine rings is 1. The van der Waals surface area contributed by atoms with Crippen molar-refractivity contribution in [2.24, 2.45) is 5.92 Å².